The van der Waals surface area contributed by atoms with Gasteiger partial charge in [-0.15, -0.1) is 0 Å². The van der Waals surface area contributed by atoms with Gasteiger partial charge in [-0.25, -0.2) is 15.0 Å². The summed E-state index contributed by atoms with van der Waals surface area (Å²) in [4.78, 5) is 18.8. The number of nitrogens with zero attached hydrogens (tertiary/aromatic N) is 6. The predicted octanol–water partition coefficient (Wildman–Crippen LogP) is 10.5. The Morgan fingerprint density at radius 3 is 2.31 bits per heavy atom. The van der Waals surface area contributed by atoms with Gasteiger partial charge in [0.25, 0.3) is 0 Å². The van der Waals surface area contributed by atoms with Gasteiger partial charge in [0.15, 0.2) is 5.82 Å². The standard InChI is InChI=1S/C42H34N6O/c1-42(2,3)30-19-21-43-40(23-30)48-36-15-7-6-14-34(36)35-18-17-33(25-38(35)48)49-32-13-8-12-31(24-32)46-27-47(37-16-9-20-44-41(37)46)39-22-28-10-4-5-11-29(28)26-45-39/h4-26H,27H2,1-3H3. The molecular weight excluding hydrogens is 605 g/mol. The zero-order chi connectivity index (χ0) is 33.1. The third kappa shape index (κ3) is 5.02. The van der Waals surface area contributed by atoms with Crippen LogP contribution in [0.15, 0.2) is 140 Å². The Kier molecular flexibility index (Phi) is 6.62. The fraction of sp³-hybridized carbons (Fsp3) is 0.119. The Morgan fingerprint density at radius 1 is 0.592 bits per heavy atom. The Balaban J connectivity index is 1.07. The van der Waals surface area contributed by atoms with Crippen LogP contribution in [0.25, 0.3) is 38.4 Å². The van der Waals surface area contributed by atoms with Crippen LogP contribution in [0.3, 0.4) is 0 Å². The molecule has 0 bridgehead atoms. The number of hydrogen-bond donors (Lipinski definition) is 0. The van der Waals surface area contributed by atoms with Crippen molar-refractivity contribution in [3.05, 3.63) is 145 Å². The lowest BCUT2D eigenvalue weighted by Gasteiger charge is -2.21. The summed E-state index contributed by atoms with van der Waals surface area (Å²) in [6, 6.07) is 41.8. The molecule has 0 N–H and O–H groups in total. The van der Waals surface area contributed by atoms with Gasteiger partial charge < -0.3 is 14.5 Å². The second kappa shape index (κ2) is 11.2. The van der Waals surface area contributed by atoms with E-state index in [2.05, 4.69) is 126 Å². The molecule has 0 unspecified atom stereocenters. The SMILES string of the molecule is CC(C)(C)c1ccnc(-n2c3ccccc3c3ccc(Oc4cccc(N5CN(c6cc7ccccc7cn6)c6cccnc65)c4)cc32)c1. The topological polar surface area (TPSA) is 59.3 Å². The van der Waals surface area contributed by atoms with Gasteiger partial charge in [0.05, 0.1) is 16.7 Å². The van der Waals surface area contributed by atoms with Crippen molar-refractivity contribution in [2.75, 3.05) is 16.5 Å². The van der Waals surface area contributed by atoms with E-state index in [1.54, 1.807) is 0 Å². The summed E-state index contributed by atoms with van der Waals surface area (Å²) in [5.41, 5.74) is 5.40. The van der Waals surface area contributed by atoms with E-state index in [-0.39, 0.29) is 5.41 Å². The van der Waals surface area contributed by atoms with Crippen LogP contribution < -0.4 is 14.5 Å². The molecule has 0 spiro atoms. The molecule has 8 aromatic rings. The number of ether oxygens (including phenoxy) is 1. The number of aromatic nitrogens is 4. The zero-order valence-electron chi connectivity index (χ0n) is 27.6. The van der Waals surface area contributed by atoms with Crippen LogP contribution in [0, 0.1) is 0 Å². The van der Waals surface area contributed by atoms with Crippen LogP contribution in [0.2, 0.25) is 0 Å². The first-order valence-electron chi connectivity index (χ1n) is 16.5. The van der Waals surface area contributed by atoms with E-state index in [9.17, 15) is 0 Å². The van der Waals surface area contributed by atoms with Gasteiger partial charge in [0, 0.05) is 52.6 Å². The van der Waals surface area contributed by atoms with Crippen LogP contribution in [0.1, 0.15) is 26.3 Å². The first-order valence-corrected chi connectivity index (χ1v) is 16.5. The molecule has 1 aliphatic rings. The predicted molar refractivity (Wildman–Crippen MR) is 199 cm³/mol. The van der Waals surface area contributed by atoms with E-state index in [4.69, 9.17) is 19.7 Å². The van der Waals surface area contributed by atoms with Gasteiger partial charge in [-0.1, -0.05) is 69.3 Å². The summed E-state index contributed by atoms with van der Waals surface area (Å²) in [6.07, 6.45) is 5.68. The summed E-state index contributed by atoms with van der Waals surface area (Å²) in [5, 5.41) is 4.61. The second-order valence-corrected chi connectivity index (χ2v) is 13.5. The highest BCUT2D eigenvalue weighted by Gasteiger charge is 2.30. The lowest BCUT2D eigenvalue weighted by atomic mass is 9.88. The van der Waals surface area contributed by atoms with Crippen molar-refractivity contribution in [3.8, 4) is 17.3 Å². The minimum absolute atomic E-state index is 0.00410. The molecule has 49 heavy (non-hydrogen) atoms. The summed E-state index contributed by atoms with van der Waals surface area (Å²) in [5.74, 6) is 4.15. The minimum atomic E-state index is 0.00410. The number of hydrogen-bond acceptors (Lipinski definition) is 6. The lowest BCUT2D eigenvalue weighted by Crippen LogP contribution is -2.24. The Hall–Kier alpha value is -6.21. The first-order chi connectivity index (χ1) is 23.9. The van der Waals surface area contributed by atoms with Crippen molar-refractivity contribution in [2.24, 2.45) is 0 Å². The maximum Gasteiger partial charge on any atom is 0.158 e. The van der Waals surface area contributed by atoms with E-state index in [0.717, 1.165) is 67.5 Å². The van der Waals surface area contributed by atoms with Crippen molar-refractivity contribution in [2.45, 2.75) is 26.2 Å². The van der Waals surface area contributed by atoms with E-state index >= 15 is 0 Å². The van der Waals surface area contributed by atoms with Crippen molar-refractivity contribution in [1.82, 2.24) is 19.5 Å². The number of fused-ring (bicyclic) bond motifs is 5. The molecule has 7 nitrogen and oxygen atoms in total. The molecule has 0 atom stereocenters. The quantitative estimate of drug-likeness (QED) is 0.187. The number of anilines is 4. The molecule has 0 fully saturated rings. The lowest BCUT2D eigenvalue weighted by molar-refractivity contribution is 0.483. The van der Waals surface area contributed by atoms with Crippen LogP contribution in [-0.2, 0) is 5.41 Å². The fourth-order valence-electron chi connectivity index (χ4n) is 6.83. The van der Waals surface area contributed by atoms with Gasteiger partial charge in [0.1, 0.15) is 29.8 Å². The van der Waals surface area contributed by atoms with Gasteiger partial charge in [-0.3, -0.25) is 4.57 Å². The largest absolute Gasteiger partial charge is 0.457 e. The van der Waals surface area contributed by atoms with E-state index < -0.39 is 0 Å². The number of rotatable bonds is 5. The Labute approximate surface area is 284 Å². The van der Waals surface area contributed by atoms with Crippen LogP contribution in [-0.4, -0.2) is 26.2 Å². The second-order valence-electron chi connectivity index (χ2n) is 13.5. The molecule has 0 amide bonds. The molecule has 0 radical (unpaired) electrons. The van der Waals surface area contributed by atoms with Gasteiger partial charge >= 0.3 is 0 Å². The van der Waals surface area contributed by atoms with E-state index in [1.807, 2.05) is 48.9 Å². The molecule has 0 saturated carbocycles. The molecule has 1 aliphatic heterocycles. The molecule has 4 aromatic carbocycles. The highest BCUT2D eigenvalue weighted by Crippen LogP contribution is 2.43. The van der Waals surface area contributed by atoms with Crippen LogP contribution in [0.5, 0.6) is 11.5 Å². The number of para-hydroxylation sites is 1. The summed E-state index contributed by atoms with van der Waals surface area (Å²) >= 11 is 0. The molecule has 4 aromatic heterocycles. The first kappa shape index (κ1) is 29.0. The maximum absolute atomic E-state index is 6.59. The number of pyridine rings is 3. The third-order valence-electron chi connectivity index (χ3n) is 9.34. The molecular formula is C42H34N6O. The molecule has 0 aliphatic carbocycles. The smallest absolute Gasteiger partial charge is 0.158 e. The molecule has 9 rings (SSSR count). The minimum Gasteiger partial charge on any atom is -0.457 e. The molecule has 0 saturated heterocycles. The Bertz CT molecular complexity index is 2530. The van der Waals surface area contributed by atoms with E-state index in [0.29, 0.717) is 6.67 Å². The van der Waals surface area contributed by atoms with Crippen molar-refractivity contribution >= 4 is 55.6 Å². The maximum atomic E-state index is 6.59. The monoisotopic (exact) mass is 638 g/mol. The third-order valence-corrected chi connectivity index (χ3v) is 9.34. The average Bonchev–Trinajstić information content (AvgIpc) is 3.67. The fourth-order valence-corrected chi connectivity index (χ4v) is 6.83. The molecule has 238 valence electrons. The zero-order valence-corrected chi connectivity index (χ0v) is 27.6. The summed E-state index contributed by atoms with van der Waals surface area (Å²) in [7, 11) is 0. The van der Waals surface area contributed by atoms with Crippen molar-refractivity contribution < 1.29 is 4.74 Å². The average molecular weight is 639 g/mol. The Morgan fingerprint density at radius 2 is 1.41 bits per heavy atom. The van der Waals surface area contributed by atoms with Crippen LogP contribution in [0.4, 0.5) is 23.0 Å². The highest BCUT2D eigenvalue weighted by atomic mass is 16.5. The van der Waals surface area contributed by atoms with Gasteiger partial charge in [-0.05, 0) is 77.0 Å². The highest BCUT2D eigenvalue weighted by molar-refractivity contribution is 6.09. The number of benzene rings is 4. The normalized spacial score (nSPS) is 13.0. The summed E-state index contributed by atoms with van der Waals surface area (Å²) in [6.45, 7) is 7.26. The van der Waals surface area contributed by atoms with Crippen molar-refractivity contribution in [1.29, 1.82) is 0 Å². The van der Waals surface area contributed by atoms with Gasteiger partial charge in [0.2, 0.25) is 0 Å². The summed E-state index contributed by atoms with van der Waals surface area (Å²) < 4.78 is 8.83. The molecule has 5 heterocycles. The van der Waals surface area contributed by atoms with Crippen molar-refractivity contribution in [3.63, 3.8) is 0 Å². The van der Waals surface area contributed by atoms with E-state index in [1.165, 1.54) is 10.9 Å². The molecule has 7 heteroatoms. The van der Waals surface area contributed by atoms with Gasteiger partial charge in [-0.2, -0.15) is 0 Å². The van der Waals surface area contributed by atoms with Crippen LogP contribution >= 0.6 is 0 Å².